The van der Waals surface area contributed by atoms with E-state index in [1.165, 1.54) is 0 Å². The van der Waals surface area contributed by atoms with Crippen LogP contribution < -0.4 is 5.32 Å². The summed E-state index contributed by atoms with van der Waals surface area (Å²) in [5.41, 5.74) is 0.937. The van der Waals surface area contributed by atoms with E-state index in [1.807, 2.05) is 0 Å². The molecule has 0 aliphatic carbocycles. The molecule has 2 heterocycles. The van der Waals surface area contributed by atoms with E-state index in [4.69, 9.17) is 4.74 Å². The van der Waals surface area contributed by atoms with Crippen LogP contribution in [-0.2, 0) is 14.3 Å². The number of aromatic hydroxyl groups is 1. The van der Waals surface area contributed by atoms with Crippen LogP contribution in [0, 0.1) is 0 Å². The minimum absolute atomic E-state index is 0.112. The fourth-order valence-electron chi connectivity index (χ4n) is 2.80. The Kier molecular flexibility index (Phi) is 2.61. The van der Waals surface area contributed by atoms with Crippen molar-refractivity contribution in [2.45, 2.75) is 31.8 Å². The zero-order chi connectivity index (χ0) is 14.5. The van der Waals surface area contributed by atoms with E-state index in [1.54, 1.807) is 38.1 Å². The van der Waals surface area contributed by atoms with Gasteiger partial charge in [-0.2, -0.15) is 0 Å². The van der Waals surface area contributed by atoms with E-state index < -0.39 is 11.6 Å². The maximum absolute atomic E-state index is 12.1. The van der Waals surface area contributed by atoms with Gasteiger partial charge >= 0.3 is 5.97 Å². The maximum Gasteiger partial charge on any atom is 0.337 e. The summed E-state index contributed by atoms with van der Waals surface area (Å²) in [6, 6.07) is 6.63. The van der Waals surface area contributed by atoms with Crippen LogP contribution in [0.15, 0.2) is 35.5 Å². The van der Waals surface area contributed by atoms with Crippen LogP contribution in [-0.4, -0.2) is 22.6 Å². The quantitative estimate of drug-likeness (QED) is 0.762. The minimum Gasteiger partial charge on any atom is -0.508 e. The summed E-state index contributed by atoms with van der Waals surface area (Å²) < 4.78 is 5.34. The van der Waals surface area contributed by atoms with Gasteiger partial charge < -0.3 is 15.2 Å². The topological polar surface area (TPSA) is 75.6 Å². The van der Waals surface area contributed by atoms with Crippen molar-refractivity contribution in [2.24, 2.45) is 0 Å². The highest BCUT2D eigenvalue weighted by Gasteiger charge is 2.47. The molecule has 1 aromatic rings. The van der Waals surface area contributed by atoms with E-state index in [9.17, 15) is 14.7 Å². The average Bonchev–Trinajstić information content (AvgIpc) is 2.59. The van der Waals surface area contributed by atoms with Crippen molar-refractivity contribution < 1.29 is 19.4 Å². The number of benzene rings is 1. The van der Waals surface area contributed by atoms with Crippen LogP contribution in [0.3, 0.4) is 0 Å². The molecule has 0 saturated carbocycles. The van der Waals surface area contributed by atoms with Gasteiger partial charge in [0.1, 0.15) is 11.4 Å². The molecule has 0 aromatic heterocycles. The Hall–Kier alpha value is -2.30. The molecule has 0 fully saturated rings. The molecule has 2 aliphatic heterocycles. The first-order valence-corrected chi connectivity index (χ1v) is 6.45. The van der Waals surface area contributed by atoms with E-state index in [-0.39, 0.29) is 24.0 Å². The fourth-order valence-corrected chi connectivity index (χ4v) is 2.80. The zero-order valence-electron chi connectivity index (χ0n) is 11.3. The predicted octanol–water partition coefficient (Wildman–Crippen LogP) is 1.59. The lowest BCUT2D eigenvalue weighted by Gasteiger charge is -2.27. The third kappa shape index (κ3) is 1.86. The standard InChI is InChI=1S/C15H15NO4/c1-15(2)13-12(14(19)20-15)10(7-11(18)16-13)8-4-3-5-9(17)6-8/h3-6,10,17H,7H2,1-2H3,(H,16,18)/t10-/m0/s1. The van der Waals surface area contributed by atoms with Crippen LogP contribution >= 0.6 is 0 Å². The molecule has 0 spiro atoms. The number of ether oxygens (including phenoxy) is 1. The highest BCUT2D eigenvalue weighted by Crippen LogP contribution is 2.42. The lowest BCUT2D eigenvalue weighted by molar-refractivity contribution is -0.144. The third-order valence-electron chi connectivity index (χ3n) is 3.71. The van der Waals surface area contributed by atoms with Gasteiger partial charge in [-0.15, -0.1) is 0 Å². The first-order chi connectivity index (χ1) is 9.38. The summed E-state index contributed by atoms with van der Waals surface area (Å²) in [5.74, 6) is -0.816. The molecule has 1 aromatic carbocycles. The Morgan fingerprint density at radius 3 is 2.80 bits per heavy atom. The predicted molar refractivity (Wildman–Crippen MR) is 70.8 cm³/mol. The van der Waals surface area contributed by atoms with E-state index in [0.29, 0.717) is 11.3 Å². The number of hydrogen-bond acceptors (Lipinski definition) is 4. The summed E-state index contributed by atoms with van der Waals surface area (Å²) in [6.45, 7) is 3.50. The van der Waals surface area contributed by atoms with Gasteiger partial charge in [0.2, 0.25) is 5.91 Å². The molecule has 2 aliphatic rings. The summed E-state index contributed by atoms with van der Waals surface area (Å²) in [5, 5.41) is 12.3. The summed E-state index contributed by atoms with van der Waals surface area (Å²) >= 11 is 0. The third-order valence-corrected chi connectivity index (χ3v) is 3.71. The van der Waals surface area contributed by atoms with Crippen molar-refractivity contribution in [1.29, 1.82) is 0 Å². The Morgan fingerprint density at radius 1 is 1.35 bits per heavy atom. The smallest absolute Gasteiger partial charge is 0.337 e. The van der Waals surface area contributed by atoms with Crippen LogP contribution in [0.25, 0.3) is 0 Å². The van der Waals surface area contributed by atoms with E-state index in [2.05, 4.69) is 5.32 Å². The molecular formula is C15H15NO4. The SMILES string of the molecule is CC1(C)OC(=O)C2=C1NC(=O)C[C@H]2c1cccc(O)c1. The number of nitrogens with one attached hydrogen (secondary N) is 1. The lowest BCUT2D eigenvalue weighted by atomic mass is 9.83. The molecule has 0 bridgehead atoms. The lowest BCUT2D eigenvalue weighted by Crippen LogP contribution is -2.38. The molecule has 0 saturated heterocycles. The zero-order valence-corrected chi connectivity index (χ0v) is 11.3. The average molecular weight is 273 g/mol. The molecule has 0 radical (unpaired) electrons. The van der Waals surface area contributed by atoms with Crippen LogP contribution in [0.2, 0.25) is 0 Å². The van der Waals surface area contributed by atoms with Gasteiger partial charge in [0.15, 0.2) is 0 Å². The highest BCUT2D eigenvalue weighted by molar-refractivity contribution is 5.99. The number of phenolic OH excluding ortho intramolecular Hbond substituents is 1. The molecule has 104 valence electrons. The molecule has 3 rings (SSSR count). The fraction of sp³-hybridized carbons (Fsp3) is 0.333. The molecule has 20 heavy (non-hydrogen) atoms. The Bertz CT molecular complexity index is 645. The molecule has 1 atom stereocenters. The molecule has 1 amide bonds. The summed E-state index contributed by atoms with van der Waals surface area (Å²) in [6.07, 6.45) is 0.174. The first-order valence-electron chi connectivity index (χ1n) is 6.45. The van der Waals surface area contributed by atoms with Crippen molar-refractivity contribution in [1.82, 2.24) is 5.32 Å². The number of carbonyl (C=O) groups is 2. The number of hydrogen-bond donors (Lipinski definition) is 2. The van der Waals surface area contributed by atoms with Crippen molar-refractivity contribution >= 4 is 11.9 Å². The van der Waals surface area contributed by atoms with Crippen LogP contribution in [0.1, 0.15) is 31.7 Å². The van der Waals surface area contributed by atoms with E-state index >= 15 is 0 Å². The molecular weight excluding hydrogens is 258 g/mol. The molecule has 5 heteroatoms. The minimum atomic E-state index is -0.822. The number of phenols is 1. The van der Waals surface area contributed by atoms with Gasteiger partial charge in [-0.05, 0) is 31.5 Å². The normalized spacial score (nSPS) is 24.2. The van der Waals surface area contributed by atoms with Crippen molar-refractivity contribution in [2.75, 3.05) is 0 Å². The maximum atomic E-state index is 12.1. The Balaban J connectivity index is 2.13. The van der Waals surface area contributed by atoms with Gasteiger partial charge in [-0.1, -0.05) is 12.1 Å². The van der Waals surface area contributed by atoms with Crippen LogP contribution in [0.4, 0.5) is 0 Å². The van der Waals surface area contributed by atoms with Gasteiger partial charge in [-0.3, -0.25) is 4.79 Å². The van der Waals surface area contributed by atoms with Crippen molar-refractivity contribution in [3.8, 4) is 5.75 Å². The van der Waals surface area contributed by atoms with E-state index in [0.717, 1.165) is 5.56 Å². The van der Waals surface area contributed by atoms with Crippen molar-refractivity contribution in [3.05, 3.63) is 41.1 Å². The second-order valence-corrected chi connectivity index (χ2v) is 5.59. The number of rotatable bonds is 1. The van der Waals surface area contributed by atoms with Gasteiger partial charge in [0, 0.05) is 12.3 Å². The second-order valence-electron chi connectivity index (χ2n) is 5.59. The number of amides is 1. The van der Waals surface area contributed by atoms with Crippen molar-refractivity contribution in [3.63, 3.8) is 0 Å². The van der Waals surface area contributed by atoms with Crippen LogP contribution in [0.5, 0.6) is 5.75 Å². The Labute approximate surface area is 116 Å². The highest BCUT2D eigenvalue weighted by atomic mass is 16.6. The number of carbonyl (C=O) groups excluding carboxylic acids is 2. The molecule has 2 N–H and O–H groups in total. The van der Waals surface area contributed by atoms with Gasteiger partial charge in [0.25, 0.3) is 0 Å². The monoisotopic (exact) mass is 273 g/mol. The first kappa shape index (κ1) is 12.7. The Morgan fingerprint density at radius 2 is 2.10 bits per heavy atom. The van der Waals surface area contributed by atoms with Gasteiger partial charge in [0.05, 0.1) is 11.3 Å². The summed E-state index contributed by atoms with van der Waals surface area (Å²) in [4.78, 5) is 24.0. The summed E-state index contributed by atoms with van der Waals surface area (Å²) in [7, 11) is 0. The largest absolute Gasteiger partial charge is 0.508 e. The second kappa shape index (κ2) is 4.10. The molecule has 0 unspecified atom stereocenters. The number of esters is 1. The van der Waals surface area contributed by atoms with Gasteiger partial charge in [-0.25, -0.2) is 4.79 Å². The number of cyclic esters (lactones) is 1. The molecule has 5 nitrogen and oxygen atoms in total.